The number of anilines is 1. The van der Waals surface area contributed by atoms with Gasteiger partial charge in [0, 0.05) is 44.2 Å². The lowest BCUT2D eigenvalue weighted by Crippen LogP contribution is -2.48. The molecule has 0 aliphatic carbocycles. The Bertz CT molecular complexity index is 962. The summed E-state index contributed by atoms with van der Waals surface area (Å²) in [5.41, 5.74) is 1.60. The number of aliphatic imine (C=N–C) groups is 1. The molecule has 0 spiro atoms. The Morgan fingerprint density at radius 1 is 1.26 bits per heavy atom. The molecule has 31 heavy (non-hydrogen) atoms. The average Bonchev–Trinajstić information content (AvgIpc) is 3.48. The first-order valence-corrected chi connectivity index (χ1v) is 11.6. The molecule has 2 N–H and O–H groups in total. The number of hydrogen-bond donors (Lipinski definition) is 2. The summed E-state index contributed by atoms with van der Waals surface area (Å²) < 4.78 is 18.6. The van der Waals surface area contributed by atoms with Crippen LogP contribution in [-0.4, -0.2) is 43.2 Å². The monoisotopic (exact) mass is 441 g/mol. The highest BCUT2D eigenvalue weighted by molar-refractivity contribution is 7.14. The van der Waals surface area contributed by atoms with Crippen molar-refractivity contribution in [3.05, 3.63) is 59.6 Å². The molecule has 6 nitrogen and oxygen atoms in total. The van der Waals surface area contributed by atoms with Crippen LogP contribution in [0.4, 0.5) is 9.39 Å². The van der Waals surface area contributed by atoms with E-state index in [9.17, 15) is 4.39 Å². The number of guanidine groups is 1. The van der Waals surface area contributed by atoms with Crippen molar-refractivity contribution in [1.82, 2.24) is 15.6 Å². The highest BCUT2D eigenvalue weighted by Crippen LogP contribution is 2.24. The van der Waals surface area contributed by atoms with E-state index in [1.807, 2.05) is 0 Å². The largest absolute Gasteiger partial charge is 0.444 e. The van der Waals surface area contributed by atoms with Crippen LogP contribution >= 0.6 is 11.3 Å². The first-order valence-electron chi connectivity index (χ1n) is 10.7. The molecule has 0 saturated carbocycles. The third-order valence-corrected chi connectivity index (χ3v) is 6.21. The minimum Gasteiger partial charge on any atom is -0.444 e. The van der Waals surface area contributed by atoms with E-state index in [1.165, 1.54) is 17.1 Å². The van der Waals surface area contributed by atoms with E-state index >= 15 is 0 Å². The lowest BCUT2D eigenvalue weighted by molar-refractivity contribution is 0.463. The standard InChI is InChI=1S/C23H28FN5OS/c1-2-25-23(28-19-10-13-29(14-11-19)21-4-3-15-31-21)26-12-9-20-16-30-22(27-20)17-5-7-18(24)8-6-17/h3-8,15-16,19H,2,9-14H2,1H3,(H2,25,26,28). The van der Waals surface area contributed by atoms with Gasteiger partial charge in [0.2, 0.25) is 5.89 Å². The Kier molecular flexibility index (Phi) is 7.19. The molecular formula is C23H28FN5OS. The number of hydrogen-bond acceptors (Lipinski definition) is 5. The molecule has 8 heteroatoms. The molecule has 1 fully saturated rings. The number of thiophene rings is 1. The smallest absolute Gasteiger partial charge is 0.226 e. The number of aromatic nitrogens is 1. The van der Waals surface area contributed by atoms with Gasteiger partial charge in [0.05, 0.1) is 10.7 Å². The van der Waals surface area contributed by atoms with E-state index in [4.69, 9.17) is 9.41 Å². The van der Waals surface area contributed by atoms with Gasteiger partial charge in [-0.2, -0.15) is 0 Å². The summed E-state index contributed by atoms with van der Waals surface area (Å²) in [6, 6.07) is 10.9. The number of nitrogens with one attached hydrogen (secondary N) is 2. The molecule has 0 amide bonds. The van der Waals surface area contributed by atoms with Crippen LogP contribution in [0.3, 0.4) is 0 Å². The maximum absolute atomic E-state index is 13.1. The summed E-state index contributed by atoms with van der Waals surface area (Å²) in [6.45, 7) is 5.62. The summed E-state index contributed by atoms with van der Waals surface area (Å²) in [7, 11) is 0. The molecule has 164 valence electrons. The summed E-state index contributed by atoms with van der Waals surface area (Å²) in [5.74, 6) is 1.08. The maximum Gasteiger partial charge on any atom is 0.226 e. The van der Waals surface area contributed by atoms with Crippen molar-refractivity contribution in [2.75, 3.05) is 31.1 Å². The number of piperidine rings is 1. The zero-order valence-electron chi connectivity index (χ0n) is 17.7. The quantitative estimate of drug-likeness (QED) is 0.423. The molecule has 0 unspecified atom stereocenters. The Labute approximate surface area is 186 Å². The fraction of sp³-hybridized carbons (Fsp3) is 0.391. The Hall–Kier alpha value is -2.87. The predicted octanol–water partition coefficient (Wildman–Crippen LogP) is 4.31. The van der Waals surface area contributed by atoms with Crippen LogP contribution in [0.25, 0.3) is 11.5 Å². The van der Waals surface area contributed by atoms with Crippen LogP contribution in [0.1, 0.15) is 25.5 Å². The first-order chi connectivity index (χ1) is 15.2. The summed E-state index contributed by atoms with van der Waals surface area (Å²) in [6.07, 6.45) is 4.51. The van der Waals surface area contributed by atoms with Gasteiger partial charge in [-0.15, -0.1) is 11.3 Å². The minimum atomic E-state index is -0.273. The molecule has 1 aliphatic heterocycles. The van der Waals surface area contributed by atoms with Crippen molar-refractivity contribution in [3.63, 3.8) is 0 Å². The summed E-state index contributed by atoms with van der Waals surface area (Å²) in [5, 5.41) is 10.4. The van der Waals surface area contributed by atoms with Crippen LogP contribution in [0.15, 0.2) is 57.5 Å². The van der Waals surface area contributed by atoms with E-state index in [1.54, 1.807) is 29.7 Å². The highest BCUT2D eigenvalue weighted by atomic mass is 32.1. The highest BCUT2D eigenvalue weighted by Gasteiger charge is 2.20. The maximum atomic E-state index is 13.1. The van der Waals surface area contributed by atoms with E-state index in [-0.39, 0.29) is 5.82 Å². The van der Waals surface area contributed by atoms with Gasteiger partial charge in [-0.25, -0.2) is 9.37 Å². The summed E-state index contributed by atoms with van der Waals surface area (Å²) in [4.78, 5) is 11.7. The van der Waals surface area contributed by atoms with Crippen LogP contribution in [0.5, 0.6) is 0 Å². The first kappa shape index (κ1) is 21.4. The second kappa shape index (κ2) is 10.4. The van der Waals surface area contributed by atoms with Gasteiger partial charge in [-0.3, -0.25) is 4.99 Å². The topological polar surface area (TPSA) is 65.7 Å². The average molecular weight is 442 g/mol. The van der Waals surface area contributed by atoms with Crippen LogP contribution in [0.2, 0.25) is 0 Å². The zero-order chi connectivity index (χ0) is 21.5. The van der Waals surface area contributed by atoms with E-state index in [0.717, 1.165) is 49.7 Å². The molecule has 3 heterocycles. The molecule has 4 rings (SSSR count). The fourth-order valence-electron chi connectivity index (χ4n) is 3.64. The minimum absolute atomic E-state index is 0.273. The Morgan fingerprint density at radius 3 is 2.77 bits per heavy atom. The molecule has 0 atom stereocenters. The van der Waals surface area contributed by atoms with Crippen molar-refractivity contribution < 1.29 is 8.81 Å². The number of oxazole rings is 1. The Morgan fingerprint density at radius 2 is 2.06 bits per heavy atom. The van der Waals surface area contributed by atoms with Gasteiger partial charge in [-0.05, 0) is 61.5 Å². The third kappa shape index (κ3) is 5.85. The van der Waals surface area contributed by atoms with Crippen LogP contribution in [-0.2, 0) is 6.42 Å². The van der Waals surface area contributed by atoms with Gasteiger partial charge in [0.25, 0.3) is 0 Å². The number of halogens is 1. The van der Waals surface area contributed by atoms with E-state index in [0.29, 0.717) is 24.9 Å². The molecular weight excluding hydrogens is 413 g/mol. The van der Waals surface area contributed by atoms with E-state index in [2.05, 4.69) is 45.0 Å². The normalized spacial score (nSPS) is 15.3. The number of benzene rings is 1. The van der Waals surface area contributed by atoms with Crippen LogP contribution in [0, 0.1) is 5.82 Å². The second-order valence-corrected chi connectivity index (χ2v) is 8.44. The predicted molar refractivity (Wildman–Crippen MR) is 124 cm³/mol. The SMILES string of the molecule is CCNC(=NCCc1coc(-c2ccc(F)cc2)n1)NC1CCN(c2cccs2)CC1. The van der Waals surface area contributed by atoms with Gasteiger partial charge in [-0.1, -0.05) is 0 Å². The molecule has 0 radical (unpaired) electrons. The molecule has 0 bridgehead atoms. The van der Waals surface area contributed by atoms with Crippen LogP contribution < -0.4 is 15.5 Å². The molecule has 3 aromatic rings. The number of rotatable bonds is 7. The van der Waals surface area contributed by atoms with Crippen molar-refractivity contribution >= 4 is 22.3 Å². The molecule has 1 aromatic carbocycles. The van der Waals surface area contributed by atoms with Crippen molar-refractivity contribution in [3.8, 4) is 11.5 Å². The van der Waals surface area contributed by atoms with Gasteiger partial charge in [0.15, 0.2) is 5.96 Å². The molecule has 2 aromatic heterocycles. The Balaban J connectivity index is 1.28. The van der Waals surface area contributed by atoms with Gasteiger partial charge < -0.3 is 20.0 Å². The number of nitrogens with zero attached hydrogens (tertiary/aromatic N) is 3. The van der Waals surface area contributed by atoms with Crippen molar-refractivity contribution in [1.29, 1.82) is 0 Å². The second-order valence-electron chi connectivity index (χ2n) is 7.52. The van der Waals surface area contributed by atoms with Crippen molar-refractivity contribution in [2.24, 2.45) is 4.99 Å². The lowest BCUT2D eigenvalue weighted by Gasteiger charge is -2.33. The molecule has 1 aliphatic rings. The van der Waals surface area contributed by atoms with E-state index < -0.39 is 0 Å². The fourth-order valence-corrected chi connectivity index (χ4v) is 4.42. The van der Waals surface area contributed by atoms with Gasteiger partial charge in [0.1, 0.15) is 12.1 Å². The van der Waals surface area contributed by atoms with Gasteiger partial charge >= 0.3 is 0 Å². The molecule has 1 saturated heterocycles. The van der Waals surface area contributed by atoms with Crippen molar-refractivity contribution in [2.45, 2.75) is 32.2 Å². The zero-order valence-corrected chi connectivity index (χ0v) is 18.5. The lowest BCUT2D eigenvalue weighted by atomic mass is 10.1. The third-order valence-electron chi connectivity index (χ3n) is 5.28. The summed E-state index contributed by atoms with van der Waals surface area (Å²) >= 11 is 1.80.